The number of carbonyl (C=O) groups is 1. The van der Waals surface area contributed by atoms with Crippen LogP contribution in [0.1, 0.15) is 16.6 Å². The summed E-state index contributed by atoms with van der Waals surface area (Å²) in [6, 6.07) is 6.50. The Bertz CT molecular complexity index is 703. The van der Waals surface area contributed by atoms with Crippen molar-refractivity contribution in [3.05, 3.63) is 29.1 Å². The van der Waals surface area contributed by atoms with Crippen LogP contribution in [0.15, 0.2) is 24.3 Å². The second kappa shape index (κ2) is 4.58. The van der Waals surface area contributed by atoms with Gasteiger partial charge in [0.25, 0.3) is 0 Å². The highest BCUT2D eigenvalue weighted by Crippen LogP contribution is 2.28. The average Bonchev–Trinajstić information content (AvgIpc) is 2.71. The first-order chi connectivity index (χ1) is 8.41. The summed E-state index contributed by atoms with van der Waals surface area (Å²) in [5.74, 6) is -0.985. The van der Waals surface area contributed by atoms with Gasteiger partial charge in [-0.2, -0.15) is 0 Å². The zero-order valence-corrected chi connectivity index (χ0v) is 11.1. The molecular weight excluding hydrogens is 274 g/mol. The first kappa shape index (κ1) is 12.8. The van der Waals surface area contributed by atoms with Crippen molar-refractivity contribution in [2.24, 2.45) is 0 Å². The number of hydrogen-bond acceptors (Lipinski definition) is 4. The molecule has 7 heteroatoms. The summed E-state index contributed by atoms with van der Waals surface area (Å²) in [4.78, 5) is 11.1. The van der Waals surface area contributed by atoms with E-state index in [0.29, 0.717) is 11.1 Å². The Morgan fingerprint density at radius 1 is 1.39 bits per heavy atom. The molecule has 5 nitrogen and oxygen atoms in total. The van der Waals surface area contributed by atoms with Gasteiger partial charge in [-0.1, -0.05) is 0 Å². The first-order valence-electron chi connectivity index (χ1n) is 5.18. The molecule has 18 heavy (non-hydrogen) atoms. The molecule has 0 aliphatic heterocycles. The predicted molar refractivity (Wildman–Crippen MR) is 71.9 cm³/mol. The molecule has 1 aromatic heterocycles. The van der Waals surface area contributed by atoms with Crippen molar-refractivity contribution in [2.45, 2.75) is 6.92 Å². The van der Waals surface area contributed by atoms with Gasteiger partial charge in [0.2, 0.25) is 10.0 Å². The molecule has 0 amide bonds. The smallest absolute Gasteiger partial charge is 0.345 e. The number of aromatic carboxylic acids is 1. The highest BCUT2D eigenvalue weighted by Gasteiger charge is 2.10. The summed E-state index contributed by atoms with van der Waals surface area (Å²) in [6.45, 7) is 1.55. The third kappa shape index (κ3) is 2.62. The second-order valence-corrected chi connectivity index (χ2v) is 6.77. The number of thiophene rings is 1. The number of sulfonamides is 1. The molecule has 0 spiro atoms. The van der Waals surface area contributed by atoms with Gasteiger partial charge in [-0.05, 0) is 36.6 Å². The molecule has 0 aliphatic rings. The summed E-state index contributed by atoms with van der Waals surface area (Å²) >= 11 is 1.16. The van der Waals surface area contributed by atoms with Crippen molar-refractivity contribution in [3.8, 4) is 0 Å². The molecule has 0 bridgehead atoms. The van der Waals surface area contributed by atoms with Crippen molar-refractivity contribution in [3.63, 3.8) is 0 Å². The molecular formula is C11H11NO4S2. The quantitative estimate of drug-likeness (QED) is 0.903. The van der Waals surface area contributed by atoms with Gasteiger partial charge < -0.3 is 5.11 Å². The van der Waals surface area contributed by atoms with Crippen LogP contribution in [0.2, 0.25) is 0 Å². The van der Waals surface area contributed by atoms with E-state index < -0.39 is 16.0 Å². The Balaban J connectivity index is 2.41. The average molecular weight is 285 g/mol. The fourth-order valence-electron chi connectivity index (χ4n) is 1.46. The summed E-state index contributed by atoms with van der Waals surface area (Å²) in [5.41, 5.74) is 0.444. The zero-order chi connectivity index (χ0) is 13.3. The first-order valence-corrected chi connectivity index (χ1v) is 7.65. The number of anilines is 1. The Hall–Kier alpha value is -1.60. The van der Waals surface area contributed by atoms with E-state index in [4.69, 9.17) is 5.11 Å². The maximum Gasteiger partial charge on any atom is 0.345 e. The van der Waals surface area contributed by atoms with Gasteiger partial charge in [-0.15, -0.1) is 11.3 Å². The maximum atomic E-state index is 11.4. The molecule has 2 N–H and O–H groups in total. The van der Waals surface area contributed by atoms with E-state index in [1.54, 1.807) is 25.1 Å². The van der Waals surface area contributed by atoms with Gasteiger partial charge >= 0.3 is 5.97 Å². The SMILES string of the molecule is CCS(=O)(=O)Nc1ccc2sc(C(=O)O)cc2c1. The van der Waals surface area contributed by atoms with Crippen LogP contribution in [0.25, 0.3) is 10.1 Å². The van der Waals surface area contributed by atoms with Crippen LogP contribution in [-0.2, 0) is 10.0 Å². The molecule has 0 unspecified atom stereocenters. The number of benzene rings is 1. The number of rotatable bonds is 4. The molecule has 0 fully saturated rings. The van der Waals surface area contributed by atoms with Crippen molar-refractivity contribution >= 4 is 43.1 Å². The van der Waals surface area contributed by atoms with Gasteiger partial charge in [-0.3, -0.25) is 4.72 Å². The van der Waals surface area contributed by atoms with E-state index >= 15 is 0 Å². The number of hydrogen-bond donors (Lipinski definition) is 2. The van der Waals surface area contributed by atoms with Gasteiger partial charge in [0.05, 0.1) is 5.75 Å². The summed E-state index contributed by atoms with van der Waals surface area (Å²) in [5, 5.41) is 9.59. The second-order valence-electron chi connectivity index (χ2n) is 3.67. The Morgan fingerprint density at radius 3 is 2.72 bits per heavy atom. The molecule has 0 saturated heterocycles. The predicted octanol–water partition coefficient (Wildman–Crippen LogP) is 2.36. The molecule has 0 saturated carbocycles. The van der Waals surface area contributed by atoms with Gasteiger partial charge in [0.1, 0.15) is 4.88 Å². The van der Waals surface area contributed by atoms with Crippen LogP contribution >= 0.6 is 11.3 Å². The lowest BCUT2D eigenvalue weighted by Crippen LogP contribution is -2.14. The van der Waals surface area contributed by atoms with E-state index in [2.05, 4.69) is 4.72 Å². The Labute approximate surface area is 108 Å². The number of carboxylic acid groups (broad SMARTS) is 1. The van der Waals surface area contributed by atoms with E-state index in [-0.39, 0.29) is 10.6 Å². The standard InChI is InChI=1S/C11H11NO4S2/c1-2-18(15,16)12-8-3-4-9-7(5-8)6-10(17-9)11(13)14/h3-6,12H,2H2,1H3,(H,13,14). The minimum atomic E-state index is -3.31. The third-order valence-corrected chi connectivity index (χ3v) is 4.79. The molecule has 2 rings (SSSR count). The van der Waals surface area contributed by atoms with Crippen LogP contribution in [0.5, 0.6) is 0 Å². The fourth-order valence-corrected chi connectivity index (χ4v) is 2.98. The van der Waals surface area contributed by atoms with Gasteiger partial charge in [0, 0.05) is 10.4 Å². The topological polar surface area (TPSA) is 83.5 Å². The molecule has 0 aliphatic carbocycles. The molecule has 1 heterocycles. The normalized spacial score (nSPS) is 11.6. The van der Waals surface area contributed by atoms with E-state index in [9.17, 15) is 13.2 Å². The molecule has 0 radical (unpaired) electrons. The molecule has 0 atom stereocenters. The molecule has 96 valence electrons. The Kier molecular flexibility index (Phi) is 3.27. The van der Waals surface area contributed by atoms with Crippen molar-refractivity contribution in [1.29, 1.82) is 0 Å². The maximum absolute atomic E-state index is 11.4. The van der Waals surface area contributed by atoms with E-state index in [1.807, 2.05) is 0 Å². The van der Waals surface area contributed by atoms with E-state index in [0.717, 1.165) is 16.0 Å². The zero-order valence-electron chi connectivity index (χ0n) is 9.50. The third-order valence-electron chi connectivity index (χ3n) is 2.38. The van der Waals surface area contributed by atoms with Crippen molar-refractivity contribution in [2.75, 3.05) is 10.5 Å². The van der Waals surface area contributed by atoms with Gasteiger partial charge in [-0.25, -0.2) is 13.2 Å². The van der Waals surface area contributed by atoms with Crippen LogP contribution in [0.4, 0.5) is 5.69 Å². The largest absolute Gasteiger partial charge is 0.477 e. The van der Waals surface area contributed by atoms with Crippen LogP contribution in [-0.4, -0.2) is 25.2 Å². The summed E-state index contributed by atoms with van der Waals surface area (Å²) in [7, 11) is -3.31. The minimum absolute atomic E-state index is 0.00491. The summed E-state index contributed by atoms with van der Waals surface area (Å²) in [6.07, 6.45) is 0. The number of nitrogens with one attached hydrogen (secondary N) is 1. The van der Waals surface area contributed by atoms with Crippen molar-refractivity contribution in [1.82, 2.24) is 0 Å². The van der Waals surface area contributed by atoms with Gasteiger partial charge in [0.15, 0.2) is 0 Å². The van der Waals surface area contributed by atoms with Crippen LogP contribution < -0.4 is 4.72 Å². The summed E-state index contributed by atoms with van der Waals surface area (Å²) < 4.78 is 26.1. The highest BCUT2D eigenvalue weighted by molar-refractivity contribution is 7.92. The van der Waals surface area contributed by atoms with Crippen LogP contribution in [0, 0.1) is 0 Å². The lowest BCUT2D eigenvalue weighted by atomic mass is 10.2. The fraction of sp³-hybridized carbons (Fsp3) is 0.182. The van der Waals surface area contributed by atoms with Crippen molar-refractivity contribution < 1.29 is 18.3 Å². The molecule has 1 aromatic carbocycles. The Morgan fingerprint density at radius 2 is 2.11 bits per heavy atom. The highest BCUT2D eigenvalue weighted by atomic mass is 32.2. The number of carboxylic acids is 1. The van der Waals surface area contributed by atoms with E-state index in [1.165, 1.54) is 6.07 Å². The molecule has 2 aromatic rings. The lowest BCUT2D eigenvalue weighted by Gasteiger charge is -2.05. The van der Waals surface area contributed by atoms with Crippen LogP contribution in [0.3, 0.4) is 0 Å². The number of fused-ring (bicyclic) bond motifs is 1. The minimum Gasteiger partial charge on any atom is -0.477 e. The monoisotopic (exact) mass is 285 g/mol. The lowest BCUT2D eigenvalue weighted by molar-refractivity contribution is 0.0702.